The van der Waals surface area contributed by atoms with Gasteiger partial charge in [0, 0.05) is 12.7 Å². The van der Waals surface area contributed by atoms with Crippen molar-refractivity contribution < 1.29 is 13.2 Å². The molecule has 1 aliphatic rings. The molecule has 0 aliphatic carbocycles. The van der Waals surface area contributed by atoms with Crippen LogP contribution in [0.4, 0.5) is 11.5 Å². The lowest BCUT2D eigenvalue weighted by atomic mass is 10.0. The number of amides is 1. The molecule has 1 N–H and O–H groups in total. The van der Waals surface area contributed by atoms with Crippen molar-refractivity contribution in [1.29, 1.82) is 0 Å². The van der Waals surface area contributed by atoms with E-state index in [2.05, 4.69) is 10.3 Å². The summed E-state index contributed by atoms with van der Waals surface area (Å²) in [6, 6.07) is 15.1. The van der Waals surface area contributed by atoms with Crippen LogP contribution in [0.15, 0.2) is 65.7 Å². The highest BCUT2D eigenvalue weighted by Crippen LogP contribution is 2.33. The predicted molar refractivity (Wildman–Crippen MR) is 118 cm³/mol. The minimum absolute atomic E-state index is 0.0191. The van der Waals surface area contributed by atoms with E-state index in [4.69, 9.17) is 11.6 Å². The fourth-order valence-electron chi connectivity index (χ4n) is 3.44. The van der Waals surface area contributed by atoms with Crippen LogP contribution in [0.5, 0.6) is 0 Å². The molecule has 2 aromatic carbocycles. The monoisotopic (exact) mass is 441 g/mol. The molecule has 154 valence electrons. The minimum Gasteiger partial charge on any atom is -0.307 e. The van der Waals surface area contributed by atoms with Crippen LogP contribution in [0.1, 0.15) is 27.9 Å². The molecule has 0 saturated carbocycles. The second kappa shape index (κ2) is 8.08. The molecular formula is C22H20ClN3O3S. The predicted octanol–water partition coefficient (Wildman–Crippen LogP) is 4.44. The first-order valence-corrected chi connectivity index (χ1v) is 11.3. The smallest absolute Gasteiger partial charge is 0.264 e. The van der Waals surface area contributed by atoms with Gasteiger partial charge in [-0.2, -0.15) is 0 Å². The third-order valence-corrected chi connectivity index (χ3v) is 7.13. The number of fused-ring (bicyclic) bond motifs is 1. The standard InChI is InChI=1S/C22H20ClN3O3S/c1-15-8-11-21(24-14-15)25-22(27)18-13-17(9-10-19(18)23)30(28,29)26-12-4-6-16-5-2-3-7-20(16)26/h2-3,5,7-11,13-14H,4,6,12H2,1H3,(H,24,25,27). The zero-order valence-corrected chi connectivity index (χ0v) is 17.9. The molecule has 1 aromatic heterocycles. The summed E-state index contributed by atoms with van der Waals surface area (Å²) in [5, 5.41) is 2.82. The number of anilines is 2. The SMILES string of the molecule is Cc1ccc(NC(=O)c2cc(S(=O)(=O)N3CCCc4ccccc43)ccc2Cl)nc1. The van der Waals surface area contributed by atoms with E-state index in [9.17, 15) is 13.2 Å². The Morgan fingerprint density at radius 3 is 2.70 bits per heavy atom. The number of carbonyl (C=O) groups is 1. The number of aromatic nitrogens is 1. The quantitative estimate of drug-likeness (QED) is 0.649. The minimum atomic E-state index is -3.85. The molecule has 30 heavy (non-hydrogen) atoms. The summed E-state index contributed by atoms with van der Waals surface area (Å²) >= 11 is 6.21. The number of carbonyl (C=O) groups excluding carboxylic acids is 1. The molecular weight excluding hydrogens is 422 g/mol. The van der Waals surface area contributed by atoms with E-state index in [0.717, 1.165) is 24.0 Å². The molecule has 1 amide bonds. The number of sulfonamides is 1. The molecule has 8 heteroatoms. The molecule has 6 nitrogen and oxygen atoms in total. The molecule has 4 rings (SSSR count). The zero-order valence-electron chi connectivity index (χ0n) is 16.3. The van der Waals surface area contributed by atoms with E-state index in [1.165, 1.54) is 22.5 Å². The molecule has 0 radical (unpaired) electrons. The van der Waals surface area contributed by atoms with Gasteiger partial charge in [0.2, 0.25) is 0 Å². The van der Waals surface area contributed by atoms with E-state index in [0.29, 0.717) is 18.1 Å². The van der Waals surface area contributed by atoms with Gasteiger partial charge >= 0.3 is 0 Å². The fourth-order valence-corrected chi connectivity index (χ4v) is 5.21. The molecule has 0 spiro atoms. The maximum atomic E-state index is 13.4. The summed E-state index contributed by atoms with van der Waals surface area (Å²) in [6.07, 6.45) is 3.20. The van der Waals surface area contributed by atoms with Crippen LogP contribution < -0.4 is 9.62 Å². The van der Waals surface area contributed by atoms with E-state index in [-0.39, 0.29) is 15.5 Å². The zero-order chi connectivity index (χ0) is 21.3. The third kappa shape index (κ3) is 3.91. The van der Waals surface area contributed by atoms with Crippen LogP contribution in [0, 0.1) is 6.92 Å². The number of rotatable bonds is 4. The van der Waals surface area contributed by atoms with E-state index >= 15 is 0 Å². The Labute approximate surface area is 180 Å². The van der Waals surface area contributed by atoms with Crippen molar-refractivity contribution in [3.8, 4) is 0 Å². The Kier molecular flexibility index (Phi) is 5.49. The Hall–Kier alpha value is -2.90. The average Bonchev–Trinajstić information content (AvgIpc) is 2.75. The first kappa shape index (κ1) is 20.4. The third-order valence-electron chi connectivity index (χ3n) is 4.99. The van der Waals surface area contributed by atoms with Gasteiger partial charge in [-0.15, -0.1) is 0 Å². The van der Waals surface area contributed by atoms with Crippen LogP contribution in [0.2, 0.25) is 5.02 Å². The number of para-hydroxylation sites is 1. The first-order valence-electron chi connectivity index (χ1n) is 9.50. The van der Waals surface area contributed by atoms with Crippen molar-refractivity contribution >= 4 is 39.0 Å². The maximum absolute atomic E-state index is 13.4. The lowest BCUT2D eigenvalue weighted by molar-refractivity contribution is 0.102. The van der Waals surface area contributed by atoms with E-state index in [1.807, 2.05) is 31.2 Å². The highest BCUT2D eigenvalue weighted by atomic mass is 35.5. The Bertz CT molecular complexity index is 1210. The lowest BCUT2D eigenvalue weighted by Gasteiger charge is -2.30. The average molecular weight is 442 g/mol. The maximum Gasteiger partial charge on any atom is 0.264 e. The molecule has 3 aromatic rings. The summed E-state index contributed by atoms with van der Waals surface area (Å²) in [7, 11) is -3.85. The van der Waals surface area contributed by atoms with Crippen molar-refractivity contribution in [2.45, 2.75) is 24.7 Å². The van der Waals surface area contributed by atoms with Crippen molar-refractivity contribution in [3.05, 3.63) is 82.5 Å². The highest BCUT2D eigenvalue weighted by molar-refractivity contribution is 7.92. The number of pyridine rings is 1. The van der Waals surface area contributed by atoms with Crippen molar-refractivity contribution in [1.82, 2.24) is 4.98 Å². The van der Waals surface area contributed by atoms with Crippen LogP contribution >= 0.6 is 11.6 Å². The molecule has 0 unspecified atom stereocenters. The summed E-state index contributed by atoms with van der Waals surface area (Å²) in [5.41, 5.74) is 2.70. The summed E-state index contributed by atoms with van der Waals surface area (Å²) in [6.45, 7) is 2.28. The van der Waals surface area contributed by atoms with Gasteiger partial charge < -0.3 is 5.32 Å². The lowest BCUT2D eigenvalue weighted by Crippen LogP contribution is -2.35. The first-order chi connectivity index (χ1) is 14.4. The topological polar surface area (TPSA) is 79.4 Å². The fraction of sp³-hybridized carbons (Fsp3) is 0.182. The molecule has 0 fully saturated rings. The van der Waals surface area contributed by atoms with Crippen molar-refractivity contribution in [2.24, 2.45) is 0 Å². The Morgan fingerprint density at radius 2 is 1.93 bits per heavy atom. The van der Waals surface area contributed by atoms with Gasteiger partial charge in [0.15, 0.2) is 0 Å². The van der Waals surface area contributed by atoms with Gasteiger partial charge in [-0.1, -0.05) is 35.9 Å². The Balaban J connectivity index is 1.67. The van der Waals surface area contributed by atoms with Gasteiger partial charge in [-0.05, 0) is 61.2 Å². The number of hydrogen-bond donors (Lipinski definition) is 1. The number of benzene rings is 2. The highest BCUT2D eigenvalue weighted by Gasteiger charge is 2.30. The number of nitrogens with one attached hydrogen (secondary N) is 1. The van der Waals surface area contributed by atoms with Gasteiger partial charge in [-0.25, -0.2) is 13.4 Å². The number of hydrogen-bond acceptors (Lipinski definition) is 4. The van der Waals surface area contributed by atoms with Gasteiger partial charge in [0.05, 0.1) is 21.2 Å². The van der Waals surface area contributed by atoms with Crippen molar-refractivity contribution in [2.75, 3.05) is 16.2 Å². The molecule has 0 saturated heterocycles. The van der Waals surface area contributed by atoms with Gasteiger partial charge in [0.1, 0.15) is 5.82 Å². The molecule has 0 atom stereocenters. The summed E-state index contributed by atoms with van der Waals surface area (Å²) in [5.74, 6) is -0.160. The number of aryl methyl sites for hydroxylation is 2. The molecule has 0 bridgehead atoms. The van der Waals surface area contributed by atoms with Crippen LogP contribution in [0.3, 0.4) is 0 Å². The molecule has 1 aliphatic heterocycles. The number of halogens is 1. The van der Waals surface area contributed by atoms with E-state index < -0.39 is 15.9 Å². The largest absolute Gasteiger partial charge is 0.307 e. The molecule has 2 heterocycles. The van der Waals surface area contributed by atoms with Crippen LogP contribution in [-0.2, 0) is 16.4 Å². The summed E-state index contributed by atoms with van der Waals surface area (Å²) < 4.78 is 28.1. The van der Waals surface area contributed by atoms with Gasteiger partial charge in [-0.3, -0.25) is 9.10 Å². The van der Waals surface area contributed by atoms with E-state index in [1.54, 1.807) is 18.3 Å². The normalized spacial score (nSPS) is 13.6. The number of nitrogens with zero attached hydrogens (tertiary/aromatic N) is 2. The second-order valence-electron chi connectivity index (χ2n) is 7.13. The van der Waals surface area contributed by atoms with Crippen LogP contribution in [-0.4, -0.2) is 25.9 Å². The second-order valence-corrected chi connectivity index (χ2v) is 9.40. The summed E-state index contributed by atoms with van der Waals surface area (Å²) in [4.78, 5) is 16.9. The van der Waals surface area contributed by atoms with Gasteiger partial charge in [0.25, 0.3) is 15.9 Å². The van der Waals surface area contributed by atoms with Crippen molar-refractivity contribution in [3.63, 3.8) is 0 Å². The van der Waals surface area contributed by atoms with Crippen LogP contribution in [0.25, 0.3) is 0 Å². The Morgan fingerprint density at radius 1 is 1.13 bits per heavy atom.